The van der Waals surface area contributed by atoms with Crippen LogP contribution in [0.3, 0.4) is 0 Å². The minimum atomic E-state index is -0.448. The Labute approximate surface area is 212 Å². The van der Waals surface area contributed by atoms with Gasteiger partial charge in [-0.1, -0.05) is 47.5 Å². The summed E-state index contributed by atoms with van der Waals surface area (Å²) in [4.78, 5) is 18.6. The van der Waals surface area contributed by atoms with E-state index in [0.29, 0.717) is 44.5 Å². The number of halogens is 2. The minimum Gasteiger partial charge on any atom is -0.495 e. The molecule has 4 aromatic rings. The number of anilines is 2. The fourth-order valence-electron chi connectivity index (χ4n) is 4.37. The first-order valence-electron chi connectivity index (χ1n) is 10.8. The number of rotatable bonds is 5. The second-order valence-electron chi connectivity index (χ2n) is 8.05. The zero-order chi connectivity index (χ0) is 24.7. The number of ether oxygens (including phenoxy) is 2. The van der Waals surface area contributed by atoms with E-state index in [0.717, 1.165) is 16.6 Å². The predicted octanol–water partition coefficient (Wildman–Crippen LogP) is 6.29. The second kappa shape index (κ2) is 9.17. The zero-order valence-electron chi connectivity index (χ0n) is 19.2. The normalized spacial score (nSPS) is 14.9. The summed E-state index contributed by atoms with van der Waals surface area (Å²) in [5.41, 5.74) is 4.27. The number of allylic oxidation sites excluding steroid dienone is 1. The van der Waals surface area contributed by atoms with E-state index >= 15 is 0 Å². The molecule has 1 aliphatic heterocycles. The lowest BCUT2D eigenvalue weighted by Crippen LogP contribution is -2.31. The van der Waals surface area contributed by atoms with Gasteiger partial charge in [-0.05, 0) is 36.8 Å². The molecule has 2 heterocycles. The Hall–Kier alpha value is -3.68. The average molecular weight is 509 g/mol. The van der Waals surface area contributed by atoms with Crippen molar-refractivity contribution in [2.75, 3.05) is 24.9 Å². The molecule has 0 radical (unpaired) electrons. The number of benzene rings is 3. The van der Waals surface area contributed by atoms with E-state index in [-0.39, 0.29) is 5.91 Å². The number of nitrogens with one attached hydrogen (secondary N) is 2. The summed E-state index contributed by atoms with van der Waals surface area (Å²) < 4.78 is 12.8. The molecule has 2 N–H and O–H groups in total. The molecule has 7 nitrogen and oxygen atoms in total. The minimum absolute atomic E-state index is 0.305. The molecule has 1 unspecified atom stereocenters. The number of para-hydroxylation sites is 2. The van der Waals surface area contributed by atoms with Gasteiger partial charge in [0.2, 0.25) is 5.95 Å². The van der Waals surface area contributed by atoms with Crippen molar-refractivity contribution in [2.45, 2.75) is 13.0 Å². The van der Waals surface area contributed by atoms with Crippen molar-refractivity contribution >= 4 is 51.8 Å². The maximum absolute atomic E-state index is 13.9. The van der Waals surface area contributed by atoms with Gasteiger partial charge >= 0.3 is 0 Å². The summed E-state index contributed by atoms with van der Waals surface area (Å²) in [5, 5.41) is 7.28. The van der Waals surface area contributed by atoms with Crippen LogP contribution in [0.5, 0.6) is 11.5 Å². The maximum Gasteiger partial charge on any atom is 0.255 e. The van der Waals surface area contributed by atoms with E-state index < -0.39 is 6.04 Å². The van der Waals surface area contributed by atoms with Crippen LogP contribution in [0.2, 0.25) is 10.0 Å². The summed E-state index contributed by atoms with van der Waals surface area (Å²) in [6.07, 6.45) is 0. The smallest absolute Gasteiger partial charge is 0.255 e. The summed E-state index contributed by atoms with van der Waals surface area (Å²) >= 11 is 12.4. The molecule has 0 fully saturated rings. The summed E-state index contributed by atoms with van der Waals surface area (Å²) in [6.45, 7) is 1.86. The molecule has 178 valence electrons. The van der Waals surface area contributed by atoms with E-state index in [1.54, 1.807) is 12.1 Å². The lowest BCUT2D eigenvalue weighted by atomic mass is 9.94. The third kappa shape index (κ3) is 4.07. The fourth-order valence-corrected chi connectivity index (χ4v) is 4.72. The molecule has 9 heteroatoms. The Balaban J connectivity index is 1.64. The van der Waals surface area contributed by atoms with Crippen LogP contribution in [0, 0.1) is 0 Å². The topological polar surface area (TPSA) is 77.4 Å². The Morgan fingerprint density at radius 1 is 1.03 bits per heavy atom. The molecule has 1 aromatic heterocycles. The molecular formula is C26H22Cl2N4O3. The van der Waals surface area contributed by atoms with Crippen LogP contribution in [0.1, 0.15) is 18.5 Å². The van der Waals surface area contributed by atoms with Crippen LogP contribution in [0.15, 0.2) is 71.9 Å². The number of amides is 1. The largest absolute Gasteiger partial charge is 0.495 e. The number of carbonyl (C=O) groups excluding carboxylic acids is 1. The molecule has 0 aliphatic carbocycles. The molecule has 0 bridgehead atoms. The Bertz CT molecular complexity index is 1480. The van der Waals surface area contributed by atoms with Crippen molar-refractivity contribution in [3.8, 4) is 11.5 Å². The first-order chi connectivity index (χ1) is 16.9. The molecule has 1 amide bonds. The molecule has 1 aliphatic rings. The van der Waals surface area contributed by atoms with Crippen molar-refractivity contribution < 1.29 is 14.3 Å². The highest BCUT2D eigenvalue weighted by molar-refractivity contribution is 6.32. The molecule has 3 aromatic carbocycles. The molecule has 5 rings (SSSR count). The first kappa shape index (κ1) is 23.1. The van der Waals surface area contributed by atoms with E-state index in [4.69, 9.17) is 37.7 Å². The highest BCUT2D eigenvalue weighted by atomic mass is 35.5. The number of aromatic nitrogens is 2. The molecule has 0 saturated heterocycles. The maximum atomic E-state index is 13.9. The van der Waals surface area contributed by atoms with Crippen LogP contribution in [0.25, 0.3) is 11.0 Å². The van der Waals surface area contributed by atoms with E-state index in [9.17, 15) is 4.79 Å². The van der Waals surface area contributed by atoms with Gasteiger partial charge in [0.15, 0.2) is 0 Å². The number of hydrogen-bond acceptors (Lipinski definition) is 5. The van der Waals surface area contributed by atoms with Crippen molar-refractivity contribution in [1.29, 1.82) is 0 Å². The predicted molar refractivity (Wildman–Crippen MR) is 139 cm³/mol. The van der Waals surface area contributed by atoms with Crippen LogP contribution < -0.4 is 20.1 Å². The summed E-state index contributed by atoms with van der Waals surface area (Å²) in [6, 6.07) is 18.1. The van der Waals surface area contributed by atoms with Gasteiger partial charge in [-0.3, -0.25) is 9.36 Å². The van der Waals surface area contributed by atoms with Gasteiger partial charge in [0.05, 0.1) is 47.6 Å². The SMILES string of the molecule is COc1cc(NC(=O)C2=C(C)Nc3nc4ccccc4n3C2c2ccc(Cl)cc2)c(OC)cc1Cl. The number of imidazole rings is 1. The van der Waals surface area contributed by atoms with Gasteiger partial charge in [0.25, 0.3) is 5.91 Å². The third-order valence-electron chi connectivity index (χ3n) is 5.98. The van der Waals surface area contributed by atoms with Crippen molar-refractivity contribution in [1.82, 2.24) is 9.55 Å². The van der Waals surface area contributed by atoms with Crippen LogP contribution in [-0.4, -0.2) is 29.7 Å². The van der Waals surface area contributed by atoms with Gasteiger partial charge in [0.1, 0.15) is 11.5 Å². The van der Waals surface area contributed by atoms with Crippen molar-refractivity contribution in [2.24, 2.45) is 0 Å². The molecular weight excluding hydrogens is 487 g/mol. The van der Waals surface area contributed by atoms with E-state index in [1.165, 1.54) is 14.2 Å². The van der Waals surface area contributed by atoms with Gasteiger partial charge in [-0.25, -0.2) is 4.98 Å². The Morgan fingerprint density at radius 2 is 1.74 bits per heavy atom. The van der Waals surface area contributed by atoms with E-state index in [1.807, 2.05) is 60.0 Å². The monoisotopic (exact) mass is 508 g/mol. The highest BCUT2D eigenvalue weighted by Gasteiger charge is 2.34. The molecule has 0 saturated carbocycles. The summed E-state index contributed by atoms with van der Waals surface area (Å²) in [7, 11) is 3.03. The zero-order valence-corrected chi connectivity index (χ0v) is 20.7. The van der Waals surface area contributed by atoms with Gasteiger partial charge in [-0.15, -0.1) is 0 Å². The Morgan fingerprint density at radius 3 is 2.46 bits per heavy atom. The second-order valence-corrected chi connectivity index (χ2v) is 8.90. The lowest BCUT2D eigenvalue weighted by molar-refractivity contribution is -0.113. The van der Waals surface area contributed by atoms with Gasteiger partial charge in [0, 0.05) is 22.9 Å². The number of carbonyl (C=O) groups is 1. The fraction of sp³-hybridized carbons (Fsp3) is 0.154. The molecule has 35 heavy (non-hydrogen) atoms. The molecule has 1 atom stereocenters. The van der Waals surface area contributed by atoms with Crippen molar-refractivity contribution in [3.05, 3.63) is 87.5 Å². The average Bonchev–Trinajstić information content (AvgIpc) is 3.22. The van der Waals surface area contributed by atoms with Crippen LogP contribution in [0.4, 0.5) is 11.6 Å². The standard InChI is InChI=1S/C26H22Cl2N4O3/c1-14-23(25(33)30-19-13-21(34-2)17(28)12-22(19)35-3)24(15-8-10-16(27)11-9-15)32-20-7-5-4-6-18(20)31-26(32)29-14/h4-13,24H,1-3H3,(H,29,31)(H,30,33). The number of fused-ring (bicyclic) bond motifs is 3. The van der Waals surface area contributed by atoms with Crippen LogP contribution >= 0.6 is 23.2 Å². The van der Waals surface area contributed by atoms with E-state index in [2.05, 4.69) is 10.6 Å². The van der Waals surface area contributed by atoms with Crippen molar-refractivity contribution in [3.63, 3.8) is 0 Å². The van der Waals surface area contributed by atoms with Gasteiger partial charge in [-0.2, -0.15) is 0 Å². The summed E-state index contributed by atoms with van der Waals surface area (Å²) in [5.74, 6) is 1.20. The number of hydrogen-bond donors (Lipinski definition) is 2. The first-order valence-corrected chi connectivity index (χ1v) is 11.6. The third-order valence-corrected chi connectivity index (χ3v) is 6.53. The highest BCUT2D eigenvalue weighted by Crippen LogP contribution is 2.41. The molecule has 0 spiro atoms. The quantitative estimate of drug-likeness (QED) is 0.331. The Kier molecular flexibility index (Phi) is 6.05. The number of nitrogens with zero attached hydrogens (tertiary/aromatic N) is 2. The number of methoxy groups -OCH3 is 2. The van der Waals surface area contributed by atoms with Crippen LogP contribution in [-0.2, 0) is 4.79 Å². The lowest BCUT2D eigenvalue weighted by Gasteiger charge is -2.31. The van der Waals surface area contributed by atoms with Gasteiger partial charge < -0.3 is 20.1 Å².